The molecule has 2 amide bonds. The molecule has 1 aliphatic heterocycles. The lowest BCUT2D eigenvalue weighted by molar-refractivity contribution is -0.173. The van der Waals surface area contributed by atoms with Crippen LogP contribution in [0.15, 0.2) is 24.3 Å². The van der Waals surface area contributed by atoms with Gasteiger partial charge in [0.2, 0.25) is 0 Å². The maximum absolute atomic E-state index is 12.0. The molecular formula is C16H11NO4. The van der Waals surface area contributed by atoms with Gasteiger partial charge in [0.1, 0.15) is 0 Å². The van der Waals surface area contributed by atoms with E-state index in [-0.39, 0.29) is 24.0 Å². The molecule has 0 unspecified atom stereocenters. The number of terminal acetylenes is 2. The van der Waals surface area contributed by atoms with Crippen LogP contribution in [0.3, 0.4) is 0 Å². The highest BCUT2D eigenvalue weighted by Crippen LogP contribution is 2.23. The fraction of sp³-hybridized carbons (Fsp3) is 0.188. The van der Waals surface area contributed by atoms with E-state index in [0.29, 0.717) is 5.06 Å². The molecule has 0 saturated heterocycles. The van der Waals surface area contributed by atoms with E-state index in [4.69, 9.17) is 17.7 Å². The molecule has 5 nitrogen and oxygen atoms in total. The lowest BCUT2D eigenvalue weighted by Gasteiger charge is -2.16. The number of hydroxylamine groups is 2. The highest BCUT2D eigenvalue weighted by Gasteiger charge is 2.39. The van der Waals surface area contributed by atoms with Gasteiger partial charge >= 0.3 is 5.97 Å². The van der Waals surface area contributed by atoms with Gasteiger partial charge < -0.3 is 4.84 Å². The average Bonchev–Trinajstić information content (AvgIpc) is 2.72. The minimum atomic E-state index is -0.791. The van der Waals surface area contributed by atoms with E-state index < -0.39 is 23.7 Å². The first-order chi connectivity index (χ1) is 10.1. The van der Waals surface area contributed by atoms with Crippen molar-refractivity contribution in [1.82, 2.24) is 5.06 Å². The van der Waals surface area contributed by atoms with E-state index in [1.54, 1.807) is 12.1 Å². The van der Waals surface area contributed by atoms with Crippen LogP contribution in [0, 0.1) is 30.6 Å². The van der Waals surface area contributed by atoms with Crippen LogP contribution in [0.5, 0.6) is 0 Å². The molecule has 21 heavy (non-hydrogen) atoms. The Labute approximate surface area is 121 Å². The Balaban J connectivity index is 2.17. The average molecular weight is 281 g/mol. The van der Waals surface area contributed by atoms with E-state index in [2.05, 4.69) is 11.8 Å². The van der Waals surface area contributed by atoms with Gasteiger partial charge in [0.15, 0.2) is 0 Å². The van der Waals surface area contributed by atoms with Gasteiger partial charge in [0.05, 0.1) is 17.0 Å². The molecular weight excluding hydrogens is 270 g/mol. The molecule has 0 saturated carbocycles. The first kappa shape index (κ1) is 14.4. The summed E-state index contributed by atoms with van der Waals surface area (Å²) >= 11 is 0. The number of hydrogen-bond donors (Lipinski definition) is 0. The van der Waals surface area contributed by atoms with Crippen LogP contribution in [0.25, 0.3) is 0 Å². The number of benzene rings is 1. The van der Waals surface area contributed by atoms with Crippen molar-refractivity contribution in [1.29, 1.82) is 0 Å². The Morgan fingerprint density at radius 2 is 1.57 bits per heavy atom. The van der Waals surface area contributed by atoms with Gasteiger partial charge in [-0.1, -0.05) is 17.2 Å². The van der Waals surface area contributed by atoms with Crippen molar-refractivity contribution in [2.45, 2.75) is 12.8 Å². The predicted octanol–water partition coefficient (Wildman–Crippen LogP) is 1.40. The molecule has 0 aromatic heterocycles. The highest BCUT2D eigenvalue weighted by molar-refractivity contribution is 6.20. The third-order valence-corrected chi connectivity index (χ3v) is 3.00. The second-order valence-electron chi connectivity index (χ2n) is 4.37. The second kappa shape index (κ2) is 5.94. The van der Waals surface area contributed by atoms with Crippen molar-refractivity contribution in [2.24, 2.45) is 5.92 Å². The summed E-state index contributed by atoms with van der Waals surface area (Å²) in [7, 11) is 0. The summed E-state index contributed by atoms with van der Waals surface area (Å²) in [6.07, 6.45) is 10.5. The number of nitrogens with zero attached hydrogens (tertiary/aromatic N) is 1. The van der Waals surface area contributed by atoms with E-state index in [1.165, 1.54) is 12.1 Å². The molecule has 5 heteroatoms. The van der Waals surface area contributed by atoms with Gasteiger partial charge in [-0.3, -0.25) is 9.59 Å². The summed E-state index contributed by atoms with van der Waals surface area (Å²) in [5, 5.41) is 0.451. The normalized spacial score (nSPS) is 12.8. The number of carbonyl (C=O) groups is 3. The Kier molecular flexibility index (Phi) is 4.06. The summed E-state index contributed by atoms with van der Waals surface area (Å²) in [5.74, 6) is 1.74. The Hall–Kier alpha value is -3.05. The predicted molar refractivity (Wildman–Crippen MR) is 73.4 cm³/mol. The third-order valence-electron chi connectivity index (χ3n) is 3.00. The SMILES string of the molecule is C#CCC(CC#C)C(=O)ON1C(=O)c2ccccc2C1=O. The standard InChI is InChI=1S/C16H11NO4/c1-3-7-11(8-4-2)16(20)21-17-14(18)12-9-5-6-10-13(12)15(17)19/h1-2,5-6,9-11H,7-8H2. The molecule has 0 fully saturated rings. The van der Waals surface area contributed by atoms with Crippen LogP contribution in [0.1, 0.15) is 33.6 Å². The number of amides is 2. The number of hydrogen-bond acceptors (Lipinski definition) is 4. The van der Waals surface area contributed by atoms with Gasteiger partial charge in [0, 0.05) is 12.8 Å². The van der Waals surface area contributed by atoms with Crippen LogP contribution in [-0.2, 0) is 9.63 Å². The van der Waals surface area contributed by atoms with Gasteiger partial charge in [-0.15, -0.1) is 24.7 Å². The molecule has 1 aromatic rings. The van der Waals surface area contributed by atoms with Crippen molar-refractivity contribution in [3.05, 3.63) is 35.4 Å². The maximum Gasteiger partial charge on any atom is 0.338 e. The van der Waals surface area contributed by atoms with Crippen molar-refractivity contribution < 1.29 is 19.2 Å². The second-order valence-corrected chi connectivity index (χ2v) is 4.37. The van der Waals surface area contributed by atoms with E-state index >= 15 is 0 Å². The van der Waals surface area contributed by atoms with Crippen molar-refractivity contribution in [3.8, 4) is 24.7 Å². The first-order valence-electron chi connectivity index (χ1n) is 6.16. The van der Waals surface area contributed by atoms with Crippen LogP contribution in [0.4, 0.5) is 0 Å². The monoisotopic (exact) mass is 281 g/mol. The zero-order valence-corrected chi connectivity index (χ0v) is 11.0. The molecule has 2 rings (SSSR count). The number of fused-ring (bicyclic) bond motifs is 1. The van der Waals surface area contributed by atoms with E-state index in [9.17, 15) is 14.4 Å². The molecule has 0 spiro atoms. The molecule has 0 radical (unpaired) electrons. The Morgan fingerprint density at radius 1 is 1.10 bits per heavy atom. The zero-order valence-electron chi connectivity index (χ0n) is 11.0. The molecule has 1 heterocycles. The Morgan fingerprint density at radius 3 is 2.00 bits per heavy atom. The minimum Gasteiger partial charge on any atom is -0.329 e. The lowest BCUT2D eigenvalue weighted by Crippen LogP contribution is -2.35. The van der Waals surface area contributed by atoms with Gasteiger partial charge in [-0.05, 0) is 12.1 Å². The van der Waals surface area contributed by atoms with Crippen LogP contribution in [0.2, 0.25) is 0 Å². The zero-order chi connectivity index (χ0) is 15.4. The lowest BCUT2D eigenvalue weighted by atomic mass is 10.0. The van der Waals surface area contributed by atoms with Crippen LogP contribution < -0.4 is 0 Å². The fourth-order valence-corrected chi connectivity index (χ4v) is 1.94. The van der Waals surface area contributed by atoms with Crippen molar-refractivity contribution in [3.63, 3.8) is 0 Å². The quantitative estimate of drug-likeness (QED) is 0.618. The van der Waals surface area contributed by atoms with E-state index in [0.717, 1.165) is 0 Å². The molecule has 1 aromatic carbocycles. The maximum atomic E-state index is 12.0. The van der Waals surface area contributed by atoms with Gasteiger partial charge in [-0.25, -0.2) is 4.79 Å². The number of imide groups is 1. The minimum absolute atomic E-state index is 0.0756. The fourth-order valence-electron chi connectivity index (χ4n) is 1.94. The topological polar surface area (TPSA) is 63.7 Å². The molecule has 0 aliphatic carbocycles. The van der Waals surface area contributed by atoms with Crippen LogP contribution >= 0.6 is 0 Å². The molecule has 0 atom stereocenters. The summed E-state index contributed by atoms with van der Waals surface area (Å²) in [4.78, 5) is 40.9. The van der Waals surface area contributed by atoms with Crippen molar-refractivity contribution in [2.75, 3.05) is 0 Å². The molecule has 104 valence electrons. The molecule has 0 bridgehead atoms. The summed E-state index contributed by atoms with van der Waals surface area (Å²) in [5.41, 5.74) is 0.390. The third kappa shape index (κ3) is 2.63. The number of carbonyl (C=O) groups excluding carboxylic acids is 3. The molecule has 0 N–H and O–H groups in total. The van der Waals surface area contributed by atoms with Gasteiger partial charge in [-0.2, -0.15) is 0 Å². The van der Waals surface area contributed by atoms with E-state index in [1.807, 2.05) is 0 Å². The van der Waals surface area contributed by atoms with Crippen LogP contribution in [-0.4, -0.2) is 22.8 Å². The largest absolute Gasteiger partial charge is 0.338 e. The first-order valence-corrected chi connectivity index (χ1v) is 6.16. The Bertz CT molecular complexity index is 642. The smallest absolute Gasteiger partial charge is 0.329 e. The summed E-state index contributed by atoms with van der Waals surface area (Å²) in [6, 6.07) is 6.22. The number of rotatable bonds is 4. The van der Waals surface area contributed by atoms with Gasteiger partial charge in [0.25, 0.3) is 11.8 Å². The van der Waals surface area contributed by atoms with Crippen molar-refractivity contribution >= 4 is 17.8 Å². The summed E-state index contributed by atoms with van der Waals surface area (Å²) < 4.78 is 0. The summed E-state index contributed by atoms with van der Waals surface area (Å²) in [6.45, 7) is 0. The highest BCUT2D eigenvalue weighted by atomic mass is 16.7. The molecule has 1 aliphatic rings.